The lowest BCUT2D eigenvalue weighted by atomic mass is 9.91. The van der Waals surface area contributed by atoms with Gasteiger partial charge in [0.05, 0.1) is 56.2 Å². The van der Waals surface area contributed by atoms with Crippen molar-refractivity contribution in [2.24, 2.45) is 0 Å². The van der Waals surface area contributed by atoms with E-state index in [2.05, 4.69) is 122 Å². The number of amides is 6. The highest BCUT2D eigenvalue weighted by Crippen LogP contribution is 2.37. The Bertz CT molecular complexity index is 6700. The van der Waals surface area contributed by atoms with Crippen LogP contribution in [-0.2, 0) is 39.3 Å². The van der Waals surface area contributed by atoms with Crippen molar-refractivity contribution in [3.8, 4) is 102 Å². The molecule has 0 bridgehead atoms. The summed E-state index contributed by atoms with van der Waals surface area (Å²) in [4.78, 5) is 121. The number of nitrogens with one attached hydrogen (secondary N) is 6. The lowest BCUT2D eigenvalue weighted by Gasteiger charge is -2.06. The van der Waals surface area contributed by atoms with Crippen LogP contribution in [0.15, 0.2) is 250 Å². The number of aromatic hydroxyl groups is 1. The summed E-state index contributed by atoms with van der Waals surface area (Å²) in [5, 5.41) is 51.1. The number of aromatic nitrogens is 24. The van der Waals surface area contributed by atoms with E-state index in [1.807, 2.05) is 0 Å². The summed E-state index contributed by atoms with van der Waals surface area (Å²) in [5.74, 6) is -0.680. The molecule has 0 fully saturated rings. The number of rotatable bonds is 41. The molecule has 12 heterocycles. The van der Waals surface area contributed by atoms with Gasteiger partial charge in [0.25, 0.3) is 35.4 Å². The zero-order valence-corrected chi connectivity index (χ0v) is 82.2. The Hall–Kier alpha value is -18.3. The van der Waals surface area contributed by atoms with Crippen LogP contribution in [0.2, 0.25) is 15.1 Å². The number of carbonyl (C=O) groups excluding carboxylic acids is 6. The van der Waals surface area contributed by atoms with Crippen LogP contribution in [0, 0.1) is 17.5 Å². The number of carbonyl (C=O) groups is 6. The standard InChI is InChI=1S/2C16H16ClN5O3.3C16H16FN5O3.C15H14ClN5O3/c4*1-24-13-4-3-11(7-12(13)17)15-14(20-10-25-15)16(23)19-5-2-6-22-9-18-8-21-22;1-24-11-3-4-12(13(17)7-11)15-14(20-10-25-15)16(23)19-5-2-6-22-9-18-8-21-22;16-11-6-10(2-3-12(11)22)14-13(19-9-24-14)15(23)18-4-1-5-21-8-17-7-20-21/h5*3-4,7-10H,2,5-6H2,1H3,(H,19,23);2-3,6-9,22H,1,4-5H2,(H,18,23)/i16-1;1-1;3*17-1;15-1. The highest BCUT2D eigenvalue weighted by atomic mass is 35.5. The largest absolute Gasteiger partial charge is 0.506 e. The SMILES string of the molecule is COc1ccc(-c2ocnc2C(=O)NCCCn2cncn2)c([18F])c1.COc1ccc(-c2ocnc2C(=O)NCCCn2cncn2)cc1[18F].COc1ccc(-c2ocnc2C(=O)NCCCn2cncn2)cc1[18F].COc1ccc(-c2ocnc2[11C](=O)NCCCn2cncn2)cc1Cl.O=[11C](NCCCn1cncn1)c1ncoc1-c1ccc(O)c(Cl)c1.[11CH3]Oc1ccc(-c2ocnc2C(=O)NCCCn2cncn2)cc1Cl. The van der Waals surface area contributed by atoms with Gasteiger partial charge in [-0.05, 0) is 142 Å². The van der Waals surface area contributed by atoms with Crippen LogP contribution in [0.1, 0.15) is 101 Å². The minimum absolute atomic E-state index is 0.0322. The van der Waals surface area contributed by atoms with E-state index >= 15 is 0 Å². The molecule has 6 amide bonds. The number of halogens is 6. The second-order valence-corrected chi connectivity index (χ2v) is 31.9. The number of hydrogen-bond acceptors (Lipinski definition) is 36. The van der Waals surface area contributed by atoms with Gasteiger partial charge in [0.2, 0.25) is 0 Å². The minimum atomic E-state index is -0.559. The number of aryl methyl sites for hydroxylation is 6. The normalized spacial score (nSPS) is 10.7. The predicted molar refractivity (Wildman–Crippen MR) is 523 cm³/mol. The van der Waals surface area contributed by atoms with Crippen molar-refractivity contribution < 1.29 is 97.2 Å². The molecular weight excluding hydrogens is 2010 g/mol. The number of methoxy groups -OCH3 is 5. The molecule has 0 spiro atoms. The minimum Gasteiger partial charge on any atom is -0.506 e. The van der Waals surface area contributed by atoms with E-state index in [9.17, 15) is 47.0 Å². The average molecular weight is 2100 g/mol. The van der Waals surface area contributed by atoms with Gasteiger partial charge in [0.15, 0.2) is 130 Å². The van der Waals surface area contributed by atoms with Crippen molar-refractivity contribution in [3.63, 3.8) is 0 Å². The number of hydrogen-bond donors (Lipinski definition) is 7. The third-order valence-electron chi connectivity index (χ3n) is 20.9. The molecule has 0 aliphatic rings. The second kappa shape index (κ2) is 55.5. The van der Waals surface area contributed by atoms with E-state index in [1.165, 1.54) is 141 Å². The maximum atomic E-state index is 14.2. The van der Waals surface area contributed by atoms with Gasteiger partial charge in [0, 0.05) is 112 Å². The Morgan fingerprint density at radius 2 is 0.537 bits per heavy atom. The first-order valence-electron chi connectivity index (χ1n) is 45.0. The van der Waals surface area contributed by atoms with Crippen LogP contribution >= 0.6 is 34.8 Å². The quantitative estimate of drug-likeness (QED) is 0.0175. The summed E-state index contributed by atoms with van der Waals surface area (Å²) in [6.07, 6.45) is 29.7. The summed E-state index contributed by atoms with van der Waals surface area (Å²) in [6, 6.07) is 27.7. The van der Waals surface area contributed by atoms with Crippen molar-refractivity contribution in [2.45, 2.75) is 77.8 Å². The van der Waals surface area contributed by atoms with Gasteiger partial charge in [-0.25, -0.2) is 73.0 Å². The van der Waals surface area contributed by atoms with Gasteiger partial charge in [-0.1, -0.05) is 34.8 Å². The molecule has 54 heteroatoms. The number of phenolic OH excluding ortho intramolecular Hbond substituents is 1. The van der Waals surface area contributed by atoms with Gasteiger partial charge >= 0.3 is 0 Å². The average Bonchev–Trinajstić information content (AvgIpc) is 1.73. The predicted octanol–water partition coefficient (Wildman–Crippen LogP) is 12.6. The Morgan fingerprint density at radius 1 is 0.295 bits per heavy atom. The molecule has 6 aromatic carbocycles. The Morgan fingerprint density at radius 3 is 0.765 bits per heavy atom. The molecule has 12 aromatic heterocycles. The lowest BCUT2D eigenvalue weighted by Crippen LogP contribution is -2.26. The Balaban J connectivity index is 0.000000149. The molecule has 7 N–H and O–H groups in total. The summed E-state index contributed by atoms with van der Waals surface area (Å²) in [6.45, 7) is 6.58. The van der Waals surface area contributed by atoms with Crippen LogP contribution in [0.5, 0.6) is 34.5 Å². The molecule has 0 saturated heterocycles. The molecule has 774 valence electrons. The first kappa shape index (κ1) is 108. The number of oxazole rings is 6. The summed E-state index contributed by atoms with van der Waals surface area (Å²) < 4.78 is 109. The van der Waals surface area contributed by atoms with Gasteiger partial charge < -0.3 is 87.2 Å². The highest BCUT2D eigenvalue weighted by Gasteiger charge is 2.27. The van der Waals surface area contributed by atoms with E-state index < -0.39 is 35.2 Å². The van der Waals surface area contributed by atoms with Crippen LogP contribution in [0.25, 0.3) is 67.9 Å². The van der Waals surface area contributed by atoms with E-state index in [0.29, 0.717) is 177 Å². The second-order valence-electron chi connectivity index (χ2n) is 30.7. The number of phenols is 1. The highest BCUT2D eigenvalue weighted by molar-refractivity contribution is 6.33. The topological polar surface area (TPSA) is 581 Å². The number of benzene rings is 6. The first-order valence-corrected chi connectivity index (χ1v) is 46.2. The van der Waals surface area contributed by atoms with Gasteiger partial charge in [0.1, 0.15) is 105 Å². The Labute approximate surface area is 858 Å². The van der Waals surface area contributed by atoms with Gasteiger partial charge in [-0.2, -0.15) is 30.6 Å². The number of ether oxygens (including phenoxy) is 5. The van der Waals surface area contributed by atoms with Crippen molar-refractivity contribution in [3.05, 3.63) is 290 Å². The fourth-order valence-corrected chi connectivity index (χ4v) is 14.3. The van der Waals surface area contributed by atoms with Crippen LogP contribution in [0.3, 0.4) is 0 Å². The fourth-order valence-electron chi connectivity index (χ4n) is 13.6. The van der Waals surface area contributed by atoms with E-state index in [-0.39, 0.29) is 97.0 Å². The number of nitrogens with zero attached hydrogens (tertiary/aromatic N) is 24. The molecule has 149 heavy (non-hydrogen) atoms. The fraction of sp³-hybridized carbons (Fsp3) is 0.242. The van der Waals surface area contributed by atoms with E-state index in [4.69, 9.17) is 85.0 Å². The smallest absolute Gasteiger partial charge is 0.273 e. The Kier molecular flexibility index (Phi) is 40.2. The maximum absolute atomic E-state index is 14.2. The van der Waals surface area contributed by atoms with Crippen molar-refractivity contribution >= 4 is 70.2 Å². The molecule has 0 aliphatic heterocycles. The van der Waals surface area contributed by atoms with Crippen LogP contribution in [0.4, 0.5) is 13.2 Å². The zero-order chi connectivity index (χ0) is 105. The van der Waals surface area contributed by atoms with E-state index in [0.717, 1.165) is 32.0 Å². The molecule has 0 aliphatic carbocycles. The monoisotopic (exact) mass is 2100 g/mol. The molecule has 0 unspecified atom stereocenters. The van der Waals surface area contributed by atoms with Crippen molar-refractivity contribution in [1.82, 2.24) is 150 Å². The third-order valence-corrected chi connectivity index (χ3v) is 21.8. The molecule has 0 radical (unpaired) electrons. The molecule has 0 saturated carbocycles. The van der Waals surface area contributed by atoms with Crippen LogP contribution < -0.4 is 55.6 Å². The van der Waals surface area contributed by atoms with Crippen molar-refractivity contribution in [2.75, 3.05) is 74.8 Å². The molecule has 18 rings (SSSR count). The molecule has 18 aromatic rings. The summed E-state index contributed by atoms with van der Waals surface area (Å²) in [7, 11) is 7.28. The summed E-state index contributed by atoms with van der Waals surface area (Å²) >= 11 is 18.1. The van der Waals surface area contributed by atoms with E-state index in [1.54, 1.807) is 127 Å². The lowest BCUT2D eigenvalue weighted by molar-refractivity contribution is 0.0940. The van der Waals surface area contributed by atoms with Crippen molar-refractivity contribution in [1.29, 1.82) is 0 Å². The van der Waals surface area contributed by atoms with Gasteiger partial charge in [-0.3, -0.25) is 56.9 Å². The van der Waals surface area contributed by atoms with Gasteiger partial charge in [-0.15, -0.1) is 0 Å². The molecule has 48 nitrogen and oxygen atoms in total. The zero-order valence-electron chi connectivity index (χ0n) is 79.9. The molecule has 0 atom stereocenters. The molecular formula is C95H94Cl3F3N30O18. The first-order chi connectivity index (χ1) is 72.6. The summed E-state index contributed by atoms with van der Waals surface area (Å²) in [5.41, 5.74) is 3.63. The third kappa shape index (κ3) is 30.9. The van der Waals surface area contributed by atoms with Crippen LogP contribution in [-0.4, -0.2) is 234 Å². The maximum Gasteiger partial charge on any atom is 0.273 e.